The zero-order chi connectivity index (χ0) is 52.6. The standard InChI is InChI=1S/C56H65F2N9O8/c1-5-40-43(57)9-7-36-27-38(68)29-41(47(36)40)49-48(58)50-42(30-59-49)51(66-19-6-14-55(2,72)34-66)62-53(61-50)75-33-39(73-3)32-64-25-23-63(24-26-64)31-35-11-15-56(16-12-35)17-21-65(22-18-56)52(70)37-8-10-45(74-4)44(28-37)67-20-13-46(69)60-54(67)71/h1,7-10,27-30,35,39,68,72H,6,11-26,31-34H2,2-4H3,(H,60,69,71)/t39-,55-/m1/s1. The van der Waals surface area contributed by atoms with Crippen molar-refractivity contribution in [2.24, 2.45) is 11.3 Å². The van der Waals surface area contributed by atoms with Crippen molar-refractivity contribution in [3.8, 4) is 41.1 Å². The number of likely N-dealkylation sites (tertiary alicyclic amines) is 1. The Hall–Kier alpha value is -6.72. The second-order valence-corrected chi connectivity index (χ2v) is 21.3. The molecule has 3 aromatic carbocycles. The summed E-state index contributed by atoms with van der Waals surface area (Å²) < 4.78 is 49.8. The minimum Gasteiger partial charge on any atom is -0.508 e. The van der Waals surface area contributed by atoms with Gasteiger partial charge in [-0.15, -0.1) is 6.42 Å². The highest BCUT2D eigenvalue weighted by Crippen LogP contribution is 2.47. The summed E-state index contributed by atoms with van der Waals surface area (Å²) in [5.41, 5.74) is -0.0657. The van der Waals surface area contributed by atoms with Crippen LogP contribution in [0.1, 0.15) is 80.6 Å². The quantitative estimate of drug-likeness (QED) is 0.105. The molecule has 1 aliphatic carbocycles. The number of methoxy groups -OCH3 is 2. The number of aromatic nitrogens is 3. The molecule has 19 heteroatoms. The average molecular weight is 1030 g/mol. The van der Waals surface area contributed by atoms with Crippen molar-refractivity contribution in [1.29, 1.82) is 0 Å². The predicted octanol–water partition coefficient (Wildman–Crippen LogP) is 6.74. The zero-order valence-corrected chi connectivity index (χ0v) is 42.9. The van der Waals surface area contributed by atoms with E-state index in [-0.39, 0.29) is 88.9 Å². The lowest BCUT2D eigenvalue weighted by molar-refractivity contribution is -0.120. The lowest BCUT2D eigenvalue weighted by atomic mass is 9.65. The molecular formula is C56H65F2N9O8. The highest BCUT2D eigenvalue weighted by atomic mass is 19.1. The van der Waals surface area contributed by atoms with Crippen LogP contribution in [0.3, 0.4) is 0 Å². The normalized spacial score (nSPS) is 21.4. The van der Waals surface area contributed by atoms with Gasteiger partial charge >= 0.3 is 12.0 Å². The first-order valence-electron chi connectivity index (χ1n) is 26.1. The summed E-state index contributed by atoms with van der Waals surface area (Å²) in [6.07, 6.45) is 14.8. The number of terminal acetylenes is 1. The lowest BCUT2D eigenvalue weighted by Gasteiger charge is -2.47. The van der Waals surface area contributed by atoms with E-state index < -0.39 is 23.3 Å². The predicted molar refractivity (Wildman–Crippen MR) is 279 cm³/mol. The molecule has 17 nitrogen and oxygen atoms in total. The van der Waals surface area contributed by atoms with E-state index in [1.165, 1.54) is 42.5 Å². The number of phenols is 1. The van der Waals surface area contributed by atoms with Crippen molar-refractivity contribution in [3.63, 3.8) is 0 Å². The molecule has 1 spiro atoms. The van der Waals surface area contributed by atoms with Crippen LogP contribution in [0.2, 0.25) is 0 Å². The molecule has 4 amide bonds. The van der Waals surface area contributed by atoms with Gasteiger partial charge in [-0.1, -0.05) is 12.0 Å². The molecule has 4 aliphatic heterocycles. The number of urea groups is 1. The summed E-state index contributed by atoms with van der Waals surface area (Å²) >= 11 is 0. The van der Waals surface area contributed by atoms with Crippen molar-refractivity contribution < 1.29 is 47.6 Å². The van der Waals surface area contributed by atoms with Crippen LogP contribution in [0.15, 0.2) is 48.7 Å². The number of pyridine rings is 1. The number of aromatic hydroxyl groups is 1. The zero-order valence-electron chi connectivity index (χ0n) is 42.9. The third-order valence-electron chi connectivity index (χ3n) is 16.3. The van der Waals surface area contributed by atoms with Gasteiger partial charge in [0.25, 0.3) is 5.91 Å². The Kier molecular flexibility index (Phi) is 14.8. The minimum absolute atomic E-state index is 0.0657. The summed E-state index contributed by atoms with van der Waals surface area (Å²) in [6, 6.07) is 9.95. The van der Waals surface area contributed by atoms with Gasteiger partial charge in [0.2, 0.25) is 5.91 Å². The summed E-state index contributed by atoms with van der Waals surface area (Å²) in [5.74, 6) is 1.75. The fraction of sp³-hybridized carbons (Fsp3) is 0.500. The van der Waals surface area contributed by atoms with Crippen molar-refractivity contribution in [1.82, 2.24) is 35.0 Å². The molecule has 5 aromatic rings. The Morgan fingerprint density at radius 3 is 2.41 bits per heavy atom. The first-order valence-corrected chi connectivity index (χ1v) is 26.1. The SMILES string of the molecule is C#Cc1c(F)ccc2cc(O)cc(-c3ncc4c(N5CCC[C@@](C)(O)C5)nc(OC[C@@H](CN5CCN(CC6CCC7(CC6)CCN(C(=O)c6ccc(OC)c(N8CCC(=O)NC8=O)c6)CC7)CC5)OC)nc4c3F)c12. The van der Waals surface area contributed by atoms with Gasteiger partial charge in [-0.2, -0.15) is 9.97 Å². The molecule has 2 atom stereocenters. The van der Waals surface area contributed by atoms with Gasteiger partial charge in [0.05, 0.1) is 29.3 Å². The number of carbonyl (C=O) groups excluding carboxylic acids is 3. The smallest absolute Gasteiger partial charge is 0.328 e. The van der Waals surface area contributed by atoms with Crippen molar-refractivity contribution in [2.75, 3.05) is 103 Å². The number of imide groups is 1. The van der Waals surface area contributed by atoms with E-state index in [4.69, 9.17) is 25.6 Å². The number of carbonyl (C=O) groups is 3. The number of fused-ring (bicyclic) bond motifs is 2. The van der Waals surface area contributed by atoms with E-state index in [2.05, 4.69) is 31.0 Å². The Bertz CT molecular complexity index is 3030. The van der Waals surface area contributed by atoms with Gasteiger partial charge in [0, 0.05) is 108 Å². The van der Waals surface area contributed by atoms with Gasteiger partial charge in [-0.25, -0.2) is 13.6 Å². The Morgan fingerprint density at radius 1 is 0.947 bits per heavy atom. The van der Waals surface area contributed by atoms with Crippen LogP contribution in [0, 0.1) is 35.3 Å². The number of rotatable bonds is 13. The maximum absolute atomic E-state index is 17.1. The molecule has 0 bridgehead atoms. The summed E-state index contributed by atoms with van der Waals surface area (Å²) in [7, 11) is 3.15. The summed E-state index contributed by atoms with van der Waals surface area (Å²) in [4.78, 5) is 62.2. The molecule has 10 rings (SSSR count). The van der Waals surface area contributed by atoms with Gasteiger partial charge in [-0.3, -0.25) is 29.7 Å². The summed E-state index contributed by atoms with van der Waals surface area (Å²) in [5, 5.41) is 25.0. The number of anilines is 2. The first-order chi connectivity index (χ1) is 36.1. The van der Waals surface area contributed by atoms with Crippen LogP contribution >= 0.6 is 0 Å². The van der Waals surface area contributed by atoms with Gasteiger partial charge < -0.3 is 39.1 Å². The molecule has 6 heterocycles. The lowest BCUT2D eigenvalue weighted by Crippen LogP contribution is -2.51. The molecular weight excluding hydrogens is 965 g/mol. The highest BCUT2D eigenvalue weighted by molar-refractivity contribution is 6.07. The topological polar surface area (TPSA) is 186 Å². The van der Waals surface area contributed by atoms with Crippen LogP contribution in [-0.4, -0.2) is 162 Å². The third-order valence-corrected chi connectivity index (χ3v) is 16.3. The Balaban J connectivity index is 0.738. The molecule has 0 unspecified atom stereocenters. The number of phenolic OH excluding ortho intramolecular Hbond substituents is 1. The van der Waals surface area contributed by atoms with Crippen molar-refractivity contribution >= 4 is 51.0 Å². The third kappa shape index (κ3) is 10.9. The number of ether oxygens (including phenoxy) is 3. The molecule has 396 valence electrons. The first kappa shape index (κ1) is 51.8. The van der Waals surface area contributed by atoms with Crippen LogP contribution in [0.25, 0.3) is 32.9 Å². The van der Waals surface area contributed by atoms with Crippen LogP contribution in [0.5, 0.6) is 17.5 Å². The number of hydrogen-bond acceptors (Lipinski definition) is 14. The number of piperidine rings is 2. The van der Waals surface area contributed by atoms with E-state index >= 15 is 8.78 Å². The van der Waals surface area contributed by atoms with Gasteiger partial charge in [0.1, 0.15) is 47.1 Å². The number of hydrogen-bond donors (Lipinski definition) is 3. The number of β-amino-alcohol motifs (C(OH)–C–C–N with tert-alkyl or cyclic N) is 1. The van der Waals surface area contributed by atoms with E-state index in [0.717, 1.165) is 71.2 Å². The van der Waals surface area contributed by atoms with E-state index in [9.17, 15) is 24.6 Å². The van der Waals surface area contributed by atoms with Gasteiger partial charge in [0.15, 0.2) is 5.82 Å². The molecule has 75 heavy (non-hydrogen) atoms. The van der Waals surface area contributed by atoms with E-state index in [0.29, 0.717) is 78.5 Å². The number of aliphatic hydroxyl groups is 1. The fourth-order valence-corrected chi connectivity index (χ4v) is 12.0. The minimum atomic E-state index is -1.01. The number of halogens is 2. The number of nitrogens with zero attached hydrogens (tertiary/aromatic N) is 8. The molecule has 1 saturated carbocycles. The summed E-state index contributed by atoms with van der Waals surface area (Å²) in [6.45, 7) is 9.47. The van der Waals surface area contributed by atoms with Gasteiger partial charge in [-0.05, 0) is 111 Å². The largest absolute Gasteiger partial charge is 0.508 e. The van der Waals surface area contributed by atoms with Crippen molar-refractivity contribution in [3.05, 3.63) is 71.4 Å². The maximum Gasteiger partial charge on any atom is 0.328 e. The molecule has 0 radical (unpaired) electrons. The maximum atomic E-state index is 17.1. The molecule has 3 N–H and O–H groups in total. The second-order valence-electron chi connectivity index (χ2n) is 21.3. The molecule has 5 fully saturated rings. The second kappa shape index (κ2) is 21.5. The Labute approximate surface area is 435 Å². The monoisotopic (exact) mass is 1030 g/mol. The van der Waals surface area contributed by atoms with E-state index in [1.54, 1.807) is 32.2 Å². The van der Waals surface area contributed by atoms with Crippen LogP contribution in [-0.2, 0) is 9.53 Å². The molecule has 2 aromatic heterocycles. The number of piperazine rings is 1. The van der Waals surface area contributed by atoms with E-state index in [1.807, 2.05) is 9.80 Å². The number of amides is 4. The van der Waals surface area contributed by atoms with Crippen molar-refractivity contribution in [2.45, 2.75) is 76.4 Å². The number of benzene rings is 3. The average Bonchev–Trinajstić information content (AvgIpc) is 3.40. The molecule has 4 saturated heterocycles. The molecule has 5 aliphatic rings. The Morgan fingerprint density at radius 2 is 1.71 bits per heavy atom. The highest BCUT2D eigenvalue weighted by Gasteiger charge is 2.40. The van der Waals surface area contributed by atoms with Crippen LogP contribution < -0.4 is 24.6 Å². The van der Waals surface area contributed by atoms with Crippen LogP contribution in [0.4, 0.5) is 25.1 Å². The fourth-order valence-electron chi connectivity index (χ4n) is 12.0. The number of nitrogens with one attached hydrogen (secondary N) is 1.